The van der Waals surface area contributed by atoms with Crippen LogP contribution in [0.15, 0.2) is 94.9 Å². The first-order valence-electron chi connectivity index (χ1n) is 10.1. The molecule has 1 amide bonds. The SMILES string of the molecule is CC(c1ccccc1)N(C)C(=O)CSc1nc2ccccc2c(=O)n1-c1ccccc1. The van der Waals surface area contributed by atoms with Crippen LogP contribution in [-0.2, 0) is 4.79 Å². The molecule has 3 aromatic carbocycles. The monoisotopic (exact) mass is 429 g/mol. The van der Waals surface area contributed by atoms with Gasteiger partial charge in [-0.3, -0.25) is 14.2 Å². The Bertz CT molecular complexity index is 1260. The molecule has 0 saturated carbocycles. The number of rotatable bonds is 6. The molecule has 0 saturated heterocycles. The molecule has 0 aliphatic carbocycles. The number of thioether (sulfide) groups is 1. The van der Waals surface area contributed by atoms with E-state index in [1.165, 1.54) is 11.8 Å². The van der Waals surface area contributed by atoms with E-state index in [0.717, 1.165) is 11.3 Å². The van der Waals surface area contributed by atoms with Gasteiger partial charge in [0.15, 0.2) is 5.16 Å². The molecule has 0 fully saturated rings. The number of benzene rings is 3. The lowest BCUT2D eigenvalue weighted by atomic mass is 10.1. The molecular formula is C25H23N3O2S. The smallest absolute Gasteiger partial charge is 0.266 e. The third-order valence-corrected chi connectivity index (χ3v) is 6.26. The van der Waals surface area contributed by atoms with Crippen molar-refractivity contribution in [2.24, 2.45) is 0 Å². The average Bonchev–Trinajstić information content (AvgIpc) is 2.82. The number of nitrogens with zero attached hydrogens (tertiary/aromatic N) is 3. The van der Waals surface area contributed by atoms with Crippen molar-refractivity contribution in [3.8, 4) is 5.69 Å². The second kappa shape index (κ2) is 9.18. The van der Waals surface area contributed by atoms with E-state index in [2.05, 4.69) is 0 Å². The minimum Gasteiger partial charge on any atom is -0.338 e. The number of hydrogen-bond acceptors (Lipinski definition) is 4. The molecule has 4 rings (SSSR count). The number of carbonyl (C=O) groups is 1. The summed E-state index contributed by atoms with van der Waals surface area (Å²) in [6.07, 6.45) is 0. The van der Waals surface area contributed by atoms with Crippen LogP contribution in [0.25, 0.3) is 16.6 Å². The van der Waals surface area contributed by atoms with Crippen LogP contribution in [0.5, 0.6) is 0 Å². The second-order valence-electron chi connectivity index (χ2n) is 7.27. The summed E-state index contributed by atoms with van der Waals surface area (Å²) >= 11 is 1.28. The molecule has 6 heteroatoms. The van der Waals surface area contributed by atoms with E-state index in [4.69, 9.17) is 4.98 Å². The Balaban J connectivity index is 1.63. The standard InChI is InChI=1S/C25H23N3O2S/c1-18(19-11-5-3-6-12-19)27(2)23(29)17-31-25-26-22-16-10-9-15-21(22)24(30)28(25)20-13-7-4-8-14-20/h3-16,18H,17H2,1-2H3. The van der Waals surface area contributed by atoms with Gasteiger partial charge in [-0.05, 0) is 36.8 Å². The zero-order chi connectivity index (χ0) is 21.8. The molecule has 4 aromatic rings. The van der Waals surface area contributed by atoms with Crippen molar-refractivity contribution in [3.05, 3.63) is 101 Å². The van der Waals surface area contributed by atoms with Crippen LogP contribution < -0.4 is 5.56 Å². The van der Waals surface area contributed by atoms with Crippen molar-refractivity contribution in [2.75, 3.05) is 12.8 Å². The summed E-state index contributed by atoms with van der Waals surface area (Å²) in [7, 11) is 1.80. The Hall–Kier alpha value is -3.38. The van der Waals surface area contributed by atoms with Gasteiger partial charge in [0.05, 0.1) is 28.4 Å². The topological polar surface area (TPSA) is 55.2 Å². The fourth-order valence-corrected chi connectivity index (χ4v) is 4.35. The summed E-state index contributed by atoms with van der Waals surface area (Å²) in [4.78, 5) is 32.6. The molecule has 1 heterocycles. The highest BCUT2D eigenvalue weighted by molar-refractivity contribution is 7.99. The summed E-state index contributed by atoms with van der Waals surface area (Å²) in [6, 6.07) is 26.6. The molecule has 0 N–H and O–H groups in total. The first-order chi connectivity index (χ1) is 15.1. The molecule has 31 heavy (non-hydrogen) atoms. The van der Waals surface area contributed by atoms with E-state index in [-0.39, 0.29) is 23.3 Å². The summed E-state index contributed by atoms with van der Waals surface area (Å²) in [5.74, 6) is 0.161. The van der Waals surface area contributed by atoms with Crippen LogP contribution in [0, 0.1) is 0 Å². The Kier molecular flexibility index (Phi) is 6.18. The lowest BCUT2D eigenvalue weighted by Gasteiger charge is -2.25. The van der Waals surface area contributed by atoms with E-state index >= 15 is 0 Å². The van der Waals surface area contributed by atoms with Gasteiger partial charge in [0, 0.05) is 7.05 Å². The molecule has 0 radical (unpaired) electrons. The Labute approximate surface area is 185 Å². The summed E-state index contributed by atoms with van der Waals surface area (Å²) in [6.45, 7) is 2.01. The van der Waals surface area contributed by atoms with Crippen molar-refractivity contribution in [1.29, 1.82) is 0 Å². The summed E-state index contributed by atoms with van der Waals surface area (Å²) in [5, 5.41) is 1.06. The molecule has 1 unspecified atom stereocenters. The first kappa shape index (κ1) is 20.9. The lowest BCUT2D eigenvalue weighted by molar-refractivity contribution is -0.128. The minimum absolute atomic E-state index is 0.0247. The Morgan fingerprint density at radius 2 is 1.58 bits per heavy atom. The van der Waals surface area contributed by atoms with E-state index in [9.17, 15) is 9.59 Å². The van der Waals surface area contributed by atoms with Gasteiger partial charge in [-0.15, -0.1) is 0 Å². The Morgan fingerprint density at radius 3 is 2.29 bits per heavy atom. The van der Waals surface area contributed by atoms with Gasteiger partial charge < -0.3 is 4.90 Å². The predicted octanol–water partition coefficient (Wildman–Crippen LogP) is 4.70. The van der Waals surface area contributed by atoms with Crippen molar-refractivity contribution in [1.82, 2.24) is 14.5 Å². The molecule has 0 spiro atoms. The second-order valence-corrected chi connectivity index (χ2v) is 8.21. The highest BCUT2D eigenvalue weighted by atomic mass is 32.2. The van der Waals surface area contributed by atoms with E-state index < -0.39 is 0 Å². The molecular weight excluding hydrogens is 406 g/mol. The lowest BCUT2D eigenvalue weighted by Crippen LogP contribution is -2.31. The number of aromatic nitrogens is 2. The van der Waals surface area contributed by atoms with Gasteiger partial charge in [-0.25, -0.2) is 4.98 Å². The fraction of sp³-hybridized carbons (Fsp3) is 0.160. The van der Waals surface area contributed by atoms with Gasteiger partial charge >= 0.3 is 0 Å². The maximum atomic E-state index is 13.2. The summed E-state index contributed by atoms with van der Waals surface area (Å²) < 4.78 is 1.58. The fourth-order valence-electron chi connectivity index (χ4n) is 3.41. The minimum atomic E-state index is -0.141. The zero-order valence-electron chi connectivity index (χ0n) is 17.4. The number of carbonyl (C=O) groups excluding carboxylic acids is 1. The van der Waals surface area contributed by atoms with Crippen LogP contribution in [0.2, 0.25) is 0 Å². The highest BCUT2D eigenvalue weighted by Crippen LogP contribution is 2.24. The number of hydrogen-bond donors (Lipinski definition) is 0. The van der Waals surface area contributed by atoms with Crippen molar-refractivity contribution < 1.29 is 4.79 Å². The van der Waals surface area contributed by atoms with Crippen LogP contribution in [0.1, 0.15) is 18.5 Å². The summed E-state index contributed by atoms with van der Waals surface area (Å²) in [5.41, 5.74) is 2.29. The van der Waals surface area contributed by atoms with Gasteiger partial charge in [0.2, 0.25) is 5.91 Å². The average molecular weight is 430 g/mol. The van der Waals surface area contributed by atoms with Gasteiger partial charge in [0.1, 0.15) is 0 Å². The molecule has 5 nitrogen and oxygen atoms in total. The van der Waals surface area contributed by atoms with Crippen LogP contribution >= 0.6 is 11.8 Å². The van der Waals surface area contributed by atoms with E-state index in [1.54, 1.807) is 22.6 Å². The third-order valence-electron chi connectivity index (χ3n) is 5.34. The Morgan fingerprint density at radius 1 is 0.968 bits per heavy atom. The molecule has 0 aliphatic rings. The van der Waals surface area contributed by atoms with Crippen LogP contribution in [0.4, 0.5) is 0 Å². The number of amides is 1. The normalized spacial score (nSPS) is 11.9. The van der Waals surface area contributed by atoms with Crippen LogP contribution in [-0.4, -0.2) is 33.2 Å². The first-order valence-corrected chi connectivity index (χ1v) is 11.1. The van der Waals surface area contributed by atoms with E-state index in [1.807, 2.05) is 85.8 Å². The molecule has 1 atom stereocenters. The maximum absolute atomic E-state index is 13.2. The zero-order valence-corrected chi connectivity index (χ0v) is 18.3. The van der Waals surface area contributed by atoms with E-state index in [0.29, 0.717) is 16.1 Å². The largest absolute Gasteiger partial charge is 0.338 e. The maximum Gasteiger partial charge on any atom is 0.266 e. The van der Waals surface area contributed by atoms with Crippen LogP contribution in [0.3, 0.4) is 0 Å². The predicted molar refractivity (Wildman–Crippen MR) is 126 cm³/mol. The molecule has 1 aromatic heterocycles. The van der Waals surface area contributed by atoms with Crippen molar-refractivity contribution in [2.45, 2.75) is 18.1 Å². The third kappa shape index (κ3) is 4.39. The molecule has 0 aliphatic heterocycles. The van der Waals surface area contributed by atoms with Crippen molar-refractivity contribution in [3.63, 3.8) is 0 Å². The van der Waals surface area contributed by atoms with Gasteiger partial charge in [0.25, 0.3) is 5.56 Å². The molecule has 156 valence electrons. The number of fused-ring (bicyclic) bond motifs is 1. The number of para-hydroxylation sites is 2. The van der Waals surface area contributed by atoms with Gasteiger partial charge in [-0.2, -0.15) is 0 Å². The highest BCUT2D eigenvalue weighted by Gasteiger charge is 2.19. The molecule has 0 bridgehead atoms. The van der Waals surface area contributed by atoms with Gasteiger partial charge in [-0.1, -0.05) is 72.4 Å². The van der Waals surface area contributed by atoms with Crippen molar-refractivity contribution >= 4 is 28.6 Å². The quantitative estimate of drug-likeness (QED) is 0.329.